The van der Waals surface area contributed by atoms with Crippen LogP contribution in [0, 0.1) is 0 Å². The number of hydrogen-bond acceptors (Lipinski definition) is 9. The highest BCUT2D eigenvalue weighted by molar-refractivity contribution is 6.39. The molecule has 3 aliphatic rings. The van der Waals surface area contributed by atoms with Crippen molar-refractivity contribution in [2.24, 2.45) is 14.1 Å². The first-order valence-corrected chi connectivity index (χ1v) is 18.7. The standard InChI is InChI=1S/C39H40Cl2N8O5/c1-46-28-12-15-42-34(31(28)36(51)47(2)38(46)53)43-26-9-5-7-24(33(26)41)23-6-4-8-25(32(23)40)27-20-22-10-11-29(30(22)35(44-27)54-3)49-17-14-39(21-49)13-16-48(18-19-50)37(52)45-39/h4-9,12,15,20,29,50H,10-11,13-14,16-19,21H2,1-3H3,(H,42,43)(H,45,52). The van der Waals surface area contributed by atoms with E-state index in [0.717, 1.165) is 60.0 Å². The fraction of sp³-hybridized carbons (Fsp3) is 0.359. The minimum Gasteiger partial charge on any atom is -0.481 e. The van der Waals surface area contributed by atoms with Crippen LogP contribution in [-0.2, 0) is 20.5 Å². The van der Waals surface area contributed by atoms with E-state index in [4.69, 9.17) is 32.9 Å². The number of pyridine rings is 2. The summed E-state index contributed by atoms with van der Waals surface area (Å²) < 4.78 is 8.41. The number of benzene rings is 2. The van der Waals surface area contributed by atoms with Gasteiger partial charge < -0.3 is 25.4 Å². The second kappa shape index (κ2) is 14.0. The Balaban J connectivity index is 1.09. The van der Waals surface area contributed by atoms with Crippen molar-refractivity contribution in [2.75, 3.05) is 45.2 Å². The highest BCUT2D eigenvalue weighted by atomic mass is 35.5. The molecule has 5 aromatic rings. The van der Waals surface area contributed by atoms with Crippen molar-refractivity contribution in [3.05, 3.63) is 96.7 Å². The van der Waals surface area contributed by atoms with Gasteiger partial charge in [-0.05, 0) is 49.4 Å². The Hall–Kier alpha value is -4.95. The molecule has 2 amide bonds. The van der Waals surface area contributed by atoms with E-state index in [1.807, 2.05) is 30.3 Å². The number of aliphatic hydroxyl groups excluding tert-OH is 1. The Kier molecular flexibility index (Phi) is 9.37. The van der Waals surface area contributed by atoms with Crippen LogP contribution in [-0.4, -0.2) is 85.5 Å². The average Bonchev–Trinajstić information content (AvgIpc) is 3.79. The molecule has 8 rings (SSSR count). The normalized spacial score (nSPS) is 19.8. The molecule has 2 saturated heterocycles. The lowest BCUT2D eigenvalue weighted by atomic mass is 9.92. The number of urea groups is 1. The maximum Gasteiger partial charge on any atom is 0.330 e. The quantitative estimate of drug-likeness (QED) is 0.192. The van der Waals surface area contributed by atoms with Gasteiger partial charge >= 0.3 is 11.7 Å². The van der Waals surface area contributed by atoms with Gasteiger partial charge in [-0.15, -0.1) is 0 Å². The van der Waals surface area contributed by atoms with Crippen LogP contribution in [0.5, 0.6) is 5.88 Å². The summed E-state index contributed by atoms with van der Waals surface area (Å²) in [6.07, 6.45) is 5.00. The number of nitrogens with one attached hydrogen (secondary N) is 2. The molecular formula is C39H40Cl2N8O5. The van der Waals surface area contributed by atoms with Crippen LogP contribution in [0.2, 0.25) is 10.0 Å². The molecule has 2 atom stereocenters. The molecule has 0 radical (unpaired) electrons. The molecule has 54 heavy (non-hydrogen) atoms. The van der Waals surface area contributed by atoms with Crippen LogP contribution in [0.15, 0.2) is 64.3 Å². The molecule has 1 spiro atoms. The minimum atomic E-state index is -0.469. The summed E-state index contributed by atoms with van der Waals surface area (Å²) in [6.45, 7) is 2.52. The van der Waals surface area contributed by atoms with Crippen LogP contribution in [0.3, 0.4) is 0 Å². The lowest BCUT2D eigenvalue weighted by Gasteiger charge is -2.40. The first kappa shape index (κ1) is 36.0. The molecule has 2 fully saturated rings. The van der Waals surface area contributed by atoms with Gasteiger partial charge in [0.15, 0.2) is 0 Å². The van der Waals surface area contributed by atoms with Gasteiger partial charge in [0.1, 0.15) is 11.2 Å². The fourth-order valence-corrected chi connectivity index (χ4v) is 8.99. The van der Waals surface area contributed by atoms with Crippen molar-refractivity contribution in [1.29, 1.82) is 0 Å². The van der Waals surface area contributed by atoms with Gasteiger partial charge in [-0.25, -0.2) is 19.6 Å². The number of ether oxygens (including phenoxy) is 1. The Morgan fingerprint density at radius 1 is 1.00 bits per heavy atom. The monoisotopic (exact) mass is 770 g/mol. The number of rotatable bonds is 8. The number of halogens is 2. The lowest BCUT2D eigenvalue weighted by molar-refractivity contribution is 0.127. The summed E-state index contributed by atoms with van der Waals surface area (Å²) in [7, 11) is 4.68. The summed E-state index contributed by atoms with van der Waals surface area (Å²) >= 11 is 14.3. The van der Waals surface area contributed by atoms with E-state index in [1.165, 1.54) is 17.8 Å². The first-order valence-electron chi connectivity index (χ1n) is 17.9. The molecule has 3 N–H and O–H groups in total. The molecule has 280 valence electrons. The van der Waals surface area contributed by atoms with Crippen LogP contribution in [0.4, 0.5) is 16.3 Å². The number of fused-ring (bicyclic) bond motifs is 2. The second-order valence-corrected chi connectivity index (χ2v) is 15.0. The number of hydrogen-bond donors (Lipinski definition) is 3. The molecule has 2 unspecified atom stereocenters. The van der Waals surface area contributed by atoms with Crippen LogP contribution >= 0.6 is 23.2 Å². The number of anilines is 2. The van der Waals surface area contributed by atoms with Crippen molar-refractivity contribution in [1.82, 2.24) is 34.2 Å². The lowest BCUT2D eigenvalue weighted by Crippen LogP contribution is -2.61. The summed E-state index contributed by atoms with van der Waals surface area (Å²) in [6, 6.07) is 15.0. The van der Waals surface area contributed by atoms with E-state index in [9.17, 15) is 19.5 Å². The molecule has 2 aliphatic heterocycles. The summed E-state index contributed by atoms with van der Waals surface area (Å²) in [5.74, 6) is 0.831. The molecule has 5 heterocycles. The molecule has 2 aromatic carbocycles. The number of aryl methyl sites for hydroxylation is 2. The van der Waals surface area contributed by atoms with E-state index in [0.29, 0.717) is 57.0 Å². The Morgan fingerprint density at radius 2 is 1.74 bits per heavy atom. The highest BCUT2D eigenvalue weighted by Gasteiger charge is 2.46. The third-order valence-electron chi connectivity index (χ3n) is 11.2. The predicted octanol–water partition coefficient (Wildman–Crippen LogP) is 5.26. The first-order chi connectivity index (χ1) is 26.0. The number of aromatic nitrogens is 4. The average molecular weight is 772 g/mol. The van der Waals surface area contributed by atoms with Gasteiger partial charge in [0.05, 0.1) is 46.2 Å². The van der Waals surface area contributed by atoms with Crippen LogP contribution in [0.25, 0.3) is 33.3 Å². The third kappa shape index (κ3) is 5.99. The van der Waals surface area contributed by atoms with E-state index >= 15 is 0 Å². The van der Waals surface area contributed by atoms with E-state index < -0.39 is 11.2 Å². The molecular weight excluding hydrogens is 731 g/mol. The maximum absolute atomic E-state index is 13.2. The fourth-order valence-electron chi connectivity index (χ4n) is 8.39. The van der Waals surface area contributed by atoms with Gasteiger partial charge in [0.2, 0.25) is 5.88 Å². The summed E-state index contributed by atoms with van der Waals surface area (Å²) in [5, 5.41) is 16.9. The molecule has 13 nitrogen and oxygen atoms in total. The number of nitrogens with zero attached hydrogens (tertiary/aromatic N) is 6. The molecule has 0 bridgehead atoms. The Labute approximate surface area is 321 Å². The molecule has 0 saturated carbocycles. The predicted molar refractivity (Wildman–Crippen MR) is 209 cm³/mol. The maximum atomic E-state index is 13.2. The number of aliphatic hydroxyl groups is 1. The van der Waals surface area contributed by atoms with Crippen molar-refractivity contribution in [3.8, 4) is 28.3 Å². The van der Waals surface area contributed by atoms with E-state index in [2.05, 4.69) is 26.6 Å². The van der Waals surface area contributed by atoms with E-state index in [-0.39, 0.29) is 35.4 Å². The smallest absolute Gasteiger partial charge is 0.330 e. The number of carbonyl (C=O) groups is 1. The van der Waals surface area contributed by atoms with Crippen molar-refractivity contribution < 1.29 is 14.6 Å². The van der Waals surface area contributed by atoms with Gasteiger partial charge in [0, 0.05) is 74.8 Å². The van der Waals surface area contributed by atoms with Gasteiger partial charge in [-0.2, -0.15) is 0 Å². The SMILES string of the molecule is COc1nc(-c2cccc(-c3cccc(Nc4nccc5c4c(=O)n(C)c(=O)n5C)c3Cl)c2Cl)cc2c1C(N1CCC3(CCN(CCO)C(=O)N3)C1)CC2. The van der Waals surface area contributed by atoms with Gasteiger partial charge in [-0.1, -0.05) is 53.5 Å². The van der Waals surface area contributed by atoms with Gasteiger partial charge in [0.25, 0.3) is 5.56 Å². The number of likely N-dealkylation sites (tertiary alicyclic amines) is 1. The minimum absolute atomic E-state index is 0.0473. The van der Waals surface area contributed by atoms with Crippen LogP contribution < -0.4 is 26.6 Å². The number of amides is 2. The third-order valence-corrected chi connectivity index (χ3v) is 12.1. The van der Waals surface area contributed by atoms with Crippen LogP contribution in [0.1, 0.15) is 36.4 Å². The van der Waals surface area contributed by atoms with Crippen molar-refractivity contribution in [3.63, 3.8) is 0 Å². The van der Waals surface area contributed by atoms with Crippen molar-refractivity contribution in [2.45, 2.75) is 37.3 Å². The Morgan fingerprint density at radius 3 is 2.50 bits per heavy atom. The van der Waals surface area contributed by atoms with Gasteiger partial charge in [-0.3, -0.25) is 18.8 Å². The number of β-amino-alcohol motifs (C(OH)–C–C–N with tert-alkyl or cyclic N) is 1. The molecule has 1 aliphatic carbocycles. The summed E-state index contributed by atoms with van der Waals surface area (Å²) in [5.41, 5.74) is 4.78. The largest absolute Gasteiger partial charge is 0.481 e. The second-order valence-electron chi connectivity index (χ2n) is 14.3. The van der Waals surface area contributed by atoms with Crippen molar-refractivity contribution >= 4 is 51.6 Å². The Bertz CT molecular complexity index is 2450. The zero-order chi connectivity index (χ0) is 37.9. The number of methoxy groups -OCH3 is 1. The van der Waals surface area contributed by atoms with E-state index in [1.54, 1.807) is 31.2 Å². The zero-order valence-electron chi connectivity index (χ0n) is 30.2. The number of carbonyl (C=O) groups excluding carboxylic acids is 1. The zero-order valence-corrected chi connectivity index (χ0v) is 31.7. The molecule has 3 aromatic heterocycles. The molecule has 15 heteroatoms. The summed E-state index contributed by atoms with van der Waals surface area (Å²) in [4.78, 5) is 52.1. The topological polar surface area (TPSA) is 147 Å². The highest BCUT2D eigenvalue weighted by Crippen LogP contribution is 2.47.